The van der Waals surface area contributed by atoms with Crippen molar-refractivity contribution in [3.63, 3.8) is 0 Å². The van der Waals surface area contributed by atoms with Gasteiger partial charge in [0.2, 0.25) is 0 Å². The van der Waals surface area contributed by atoms with Crippen LogP contribution in [0.1, 0.15) is 26.3 Å². The number of aromatic nitrogens is 3. The van der Waals surface area contributed by atoms with Crippen molar-refractivity contribution in [1.82, 2.24) is 25.8 Å². The van der Waals surface area contributed by atoms with Crippen molar-refractivity contribution in [3.8, 4) is 0 Å². The Morgan fingerprint density at radius 2 is 1.64 bits per heavy atom. The summed E-state index contributed by atoms with van der Waals surface area (Å²) in [4.78, 5) is 37.1. The first-order valence-corrected chi connectivity index (χ1v) is 11.3. The van der Waals surface area contributed by atoms with Gasteiger partial charge in [-0.25, -0.2) is 4.98 Å². The fourth-order valence-electron chi connectivity index (χ4n) is 3.44. The van der Waals surface area contributed by atoms with E-state index in [0.29, 0.717) is 22.4 Å². The molecule has 0 saturated carbocycles. The molecule has 5 rings (SSSR count). The molecule has 0 aliphatic heterocycles. The number of H-pyrrole nitrogens is 1. The van der Waals surface area contributed by atoms with Crippen LogP contribution in [0, 0.1) is 0 Å². The van der Waals surface area contributed by atoms with Gasteiger partial charge in [-0.05, 0) is 42.0 Å². The highest BCUT2D eigenvalue weighted by molar-refractivity contribution is 7.98. The zero-order valence-corrected chi connectivity index (χ0v) is 18.2. The molecule has 0 radical (unpaired) electrons. The number of amides is 2. The summed E-state index contributed by atoms with van der Waals surface area (Å²) < 4.78 is 0. The SMILES string of the molecule is O=C(NNC(=O)c1cccc2cccnc12)c1ccc(CSc2nc3ccccc3[nH]2)cc1. The molecule has 0 atom stereocenters. The summed E-state index contributed by atoms with van der Waals surface area (Å²) in [7, 11) is 0. The molecule has 0 saturated heterocycles. The lowest BCUT2D eigenvalue weighted by atomic mass is 10.1. The highest BCUT2D eigenvalue weighted by Gasteiger charge is 2.13. The number of nitrogens with zero attached hydrogens (tertiary/aromatic N) is 2. The first-order valence-electron chi connectivity index (χ1n) is 10.3. The minimum absolute atomic E-state index is 0.395. The van der Waals surface area contributed by atoms with Gasteiger partial charge in [0.1, 0.15) is 0 Å². The normalized spacial score (nSPS) is 10.9. The van der Waals surface area contributed by atoms with E-state index in [9.17, 15) is 9.59 Å². The Morgan fingerprint density at radius 1 is 0.848 bits per heavy atom. The highest BCUT2D eigenvalue weighted by Crippen LogP contribution is 2.23. The summed E-state index contributed by atoms with van der Waals surface area (Å²) in [5, 5.41) is 1.70. The Kier molecular flexibility index (Phi) is 5.73. The largest absolute Gasteiger partial charge is 0.333 e. The van der Waals surface area contributed by atoms with Crippen molar-refractivity contribution in [2.45, 2.75) is 10.9 Å². The number of fused-ring (bicyclic) bond motifs is 2. The molecule has 2 aromatic heterocycles. The van der Waals surface area contributed by atoms with E-state index in [4.69, 9.17) is 0 Å². The maximum absolute atomic E-state index is 12.6. The summed E-state index contributed by atoms with van der Waals surface area (Å²) in [6, 6.07) is 24.2. The van der Waals surface area contributed by atoms with Crippen molar-refractivity contribution in [2.24, 2.45) is 0 Å². The Labute approximate surface area is 193 Å². The second-order valence-electron chi connectivity index (χ2n) is 7.33. The molecule has 8 heteroatoms. The molecule has 7 nitrogen and oxygen atoms in total. The van der Waals surface area contributed by atoms with Gasteiger partial charge in [0.15, 0.2) is 5.16 Å². The molecule has 3 aromatic carbocycles. The highest BCUT2D eigenvalue weighted by atomic mass is 32.2. The topological polar surface area (TPSA) is 99.8 Å². The van der Waals surface area contributed by atoms with Gasteiger partial charge in [0, 0.05) is 22.9 Å². The smallest absolute Gasteiger partial charge is 0.271 e. The summed E-state index contributed by atoms with van der Waals surface area (Å²) in [5.74, 6) is -0.105. The number of para-hydroxylation sites is 3. The van der Waals surface area contributed by atoms with Crippen LogP contribution >= 0.6 is 11.8 Å². The second kappa shape index (κ2) is 9.13. The monoisotopic (exact) mass is 453 g/mol. The predicted molar refractivity (Wildman–Crippen MR) is 129 cm³/mol. The van der Waals surface area contributed by atoms with Crippen LogP contribution in [0.25, 0.3) is 21.9 Å². The molecule has 3 N–H and O–H groups in total. The quantitative estimate of drug-likeness (QED) is 0.269. The van der Waals surface area contributed by atoms with Crippen molar-refractivity contribution in [2.75, 3.05) is 0 Å². The maximum atomic E-state index is 12.6. The minimum atomic E-state index is -0.425. The van der Waals surface area contributed by atoms with E-state index in [1.807, 2.05) is 54.6 Å². The van der Waals surface area contributed by atoms with E-state index in [0.717, 1.165) is 27.1 Å². The number of nitrogens with one attached hydrogen (secondary N) is 3. The van der Waals surface area contributed by atoms with Crippen LogP contribution in [0.15, 0.2) is 90.2 Å². The van der Waals surface area contributed by atoms with Gasteiger partial charge in [0.05, 0.1) is 22.1 Å². The maximum Gasteiger partial charge on any atom is 0.271 e. The number of imidazole rings is 1. The molecule has 0 aliphatic carbocycles. The van der Waals surface area contributed by atoms with E-state index in [1.54, 1.807) is 42.2 Å². The average molecular weight is 454 g/mol. The van der Waals surface area contributed by atoms with Crippen LogP contribution in [-0.4, -0.2) is 26.8 Å². The third kappa shape index (κ3) is 4.56. The molecular formula is C25H19N5O2S. The number of hydrogen-bond donors (Lipinski definition) is 3. The van der Waals surface area contributed by atoms with Gasteiger partial charge in [-0.3, -0.25) is 25.4 Å². The number of thioether (sulfide) groups is 1. The van der Waals surface area contributed by atoms with Gasteiger partial charge in [-0.15, -0.1) is 0 Å². The summed E-state index contributed by atoms with van der Waals surface area (Å²) in [6.07, 6.45) is 1.63. The van der Waals surface area contributed by atoms with Crippen molar-refractivity contribution in [1.29, 1.82) is 0 Å². The number of carbonyl (C=O) groups excluding carboxylic acids is 2. The number of rotatable bonds is 5. The summed E-state index contributed by atoms with van der Waals surface area (Å²) in [6.45, 7) is 0. The Balaban J connectivity index is 1.18. The zero-order valence-electron chi connectivity index (χ0n) is 17.4. The predicted octanol–water partition coefficient (Wildman–Crippen LogP) is 4.48. The van der Waals surface area contributed by atoms with Gasteiger partial charge in [-0.1, -0.05) is 54.2 Å². The first-order chi connectivity index (χ1) is 16.2. The molecule has 0 unspecified atom stereocenters. The third-order valence-corrected chi connectivity index (χ3v) is 6.07. The number of carbonyl (C=O) groups is 2. The molecule has 162 valence electrons. The molecule has 2 amide bonds. The van der Waals surface area contributed by atoms with E-state index in [-0.39, 0.29) is 0 Å². The van der Waals surface area contributed by atoms with Gasteiger partial charge in [0.25, 0.3) is 11.8 Å². The van der Waals surface area contributed by atoms with Crippen LogP contribution in [0.2, 0.25) is 0 Å². The molecule has 0 spiro atoms. The van der Waals surface area contributed by atoms with E-state index < -0.39 is 11.8 Å². The lowest BCUT2D eigenvalue weighted by molar-refractivity contribution is 0.0847. The summed E-state index contributed by atoms with van der Waals surface area (Å²) in [5.41, 5.74) is 9.36. The molecule has 0 bridgehead atoms. The van der Waals surface area contributed by atoms with Gasteiger partial charge < -0.3 is 4.98 Å². The number of pyridine rings is 1. The van der Waals surface area contributed by atoms with Crippen LogP contribution in [0.3, 0.4) is 0 Å². The van der Waals surface area contributed by atoms with Gasteiger partial charge >= 0.3 is 0 Å². The fraction of sp³-hybridized carbons (Fsp3) is 0.0400. The molecule has 0 fully saturated rings. The first kappa shape index (κ1) is 20.7. The molecular weight excluding hydrogens is 434 g/mol. The van der Waals surface area contributed by atoms with E-state index >= 15 is 0 Å². The fourth-order valence-corrected chi connectivity index (χ4v) is 4.28. The van der Waals surface area contributed by atoms with Crippen LogP contribution < -0.4 is 10.9 Å². The molecule has 2 heterocycles. The van der Waals surface area contributed by atoms with Crippen LogP contribution in [-0.2, 0) is 5.75 Å². The van der Waals surface area contributed by atoms with Crippen molar-refractivity contribution >= 4 is 45.5 Å². The summed E-state index contributed by atoms with van der Waals surface area (Å²) >= 11 is 1.60. The lowest BCUT2D eigenvalue weighted by Crippen LogP contribution is -2.41. The standard InChI is InChI=1S/C25H19N5O2S/c31-23(29-30-24(32)19-7-3-5-17-6-4-14-26-22(17)19)18-12-10-16(11-13-18)15-33-25-27-20-8-1-2-9-21(20)28-25/h1-14H,15H2,(H,27,28)(H,29,31)(H,30,32). The zero-order chi connectivity index (χ0) is 22.6. The number of aromatic amines is 1. The lowest BCUT2D eigenvalue weighted by Gasteiger charge is -2.09. The second-order valence-corrected chi connectivity index (χ2v) is 8.30. The van der Waals surface area contributed by atoms with Crippen molar-refractivity contribution in [3.05, 3.63) is 102 Å². The molecule has 5 aromatic rings. The average Bonchev–Trinajstić information content (AvgIpc) is 3.29. The van der Waals surface area contributed by atoms with E-state index in [2.05, 4.69) is 25.8 Å². The van der Waals surface area contributed by atoms with E-state index in [1.165, 1.54) is 0 Å². The third-order valence-electron chi connectivity index (χ3n) is 5.13. The Morgan fingerprint density at radius 3 is 2.48 bits per heavy atom. The van der Waals surface area contributed by atoms with Crippen LogP contribution in [0.5, 0.6) is 0 Å². The Hall–Kier alpha value is -4.17. The minimum Gasteiger partial charge on any atom is -0.333 e. The number of hydrogen-bond acceptors (Lipinski definition) is 5. The van der Waals surface area contributed by atoms with Crippen molar-refractivity contribution < 1.29 is 9.59 Å². The Bertz CT molecular complexity index is 1420. The molecule has 33 heavy (non-hydrogen) atoms. The van der Waals surface area contributed by atoms with Crippen LogP contribution in [0.4, 0.5) is 0 Å². The number of hydrazine groups is 1. The van der Waals surface area contributed by atoms with Gasteiger partial charge in [-0.2, -0.15) is 0 Å². The molecule has 0 aliphatic rings. The number of benzene rings is 3.